The maximum Gasteiger partial charge on any atom is 0.229 e. The fourth-order valence-electron chi connectivity index (χ4n) is 6.04. The summed E-state index contributed by atoms with van der Waals surface area (Å²) in [5.74, 6) is 1.25. The smallest absolute Gasteiger partial charge is 0.229 e. The van der Waals surface area contributed by atoms with Crippen LogP contribution in [0, 0.1) is 11.2 Å². The molecule has 0 aliphatic rings. The fourth-order valence-corrected chi connectivity index (χ4v) is 6.04. The van der Waals surface area contributed by atoms with E-state index in [1.54, 1.807) is 0 Å². The molecule has 0 fully saturated rings. The van der Waals surface area contributed by atoms with E-state index in [1.807, 2.05) is 0 Å². The molecule has 0 aromatic heterocycles. The molecule has 0 heterocycles. The van der Waals surface area contributed by atoms with Crippen molar-refractivity contribution in [2.45, 2.75) is 105 Å². The van der Waals surface area contributed by atoms with Crippen molar-refractivity contribution in [3.8, 4) is 5.97 Å². The maximum absolute atomic E-state index is 7.10. The van der Waals surface area contributed by atoms with Crippen LogP contribution in [0.4, 0.5) is 0 Å². The van der Waals surface area contributed by atoms with Crippen LogP contribution in [0.15, 0.2) is 0 Å². The van der Waals surface area contributed by atoms with Crippen molar-refractivity contribution < 1.29 is 4.48 Å². The zero-order valence-electron chi connectivity index (χ0n) is 16.0. The summed E-state index contributed by atoms with van der Waals surface area (Å²) in [5.41, 5.74) is 0.812. The van der Waals surface area contributed by atoms with E-state index in [1.165, 1.54) is 5.97 Å². The zero-order valence-corrected chi connectivity index (χ0v) is 16.0. The van der Waals surface area contributed by atoms with Crippen molar-refractivity contribution in [2.24, 2.45) is 0 Å². The standard InChI is InChI=1S/C16H36N.CBN/c1-13(2,3)17(14(4,5)6,15(7,8)9)16(10,11)12;2-1-3/h1-12H3;/q+1;. The Balaban J connectivity index is 0. The topological polar surface area (TPSA) is 23.8 Å². The lowest BCUT2D eigenvalue weighted by Crippen LogP contribution is -2.82. The molecule has 0 aromatic carbocycles. The molecule has 0 aromatic rings. The number of nitriles is 1. The van der Waals surface area contributed by atoms with Gasteiger partial charge in [0, 0.05) is 0 Å². The van der Waals surface area contributed by atoms with Crippen molar-refractivity contribution in [1.29, 1.82) is 5.26 Å². The SMILES string of the molecule is CC(C)(C)[N+](C(C)(C)C)(C(C)(C)C)C(C)(C)C.[B]C#N. The molecule has 0 atom stereocenters. The van der Waals surface area contributed by atoms with Gasteiger partial charge in [-0.1, -0.05) is 0 Å². The highest BCUT2D eigenvalue weighted by molar-refractivity contribution is 6.20. The minimum absolute atomic E-state index is 0.203. The first-order valence-corrected chi connectivity index (χ1v) is 7.41. The quantitative estimate of drug-likeness (QED) is 0.468. The summed E-state index contributed by atoms with van der Waals surface area (Å²) < 4.78 is 1.08. The van der Waals surface area contributed by atoms with Gasteiger partial charge in [0.15, 0.2) is 0 Å². The van der Waals surface area contributed by atoms with Crippen LogP contribution in [-0.4, -0.2) is 34.5 Å². The van der Waals surface area contributed by atoms with Crippen LogP contribution >= 0.6 is 0 Å². The van der Waals surface area contributed by atoms with Gasteiger partial charge in [-0.05, 0) is 89.1 Å². The third kappa shape index (κ3) is 3.79. The Kier molecular flexibility index (Phi) is 6.65. The largest absolute Gasteiger partial charge is 0.307 e. The van der Waals surface area contributed by atoms with E-state index in [-0.39, 0.29) is 22.2 Å². The van der Waals surface area contributed by atoms with Crippen LogP contribution in [-0.2, 0) is 0 Å². The number of quaternary nitrogens is 1. The highest BCUT2D eigenvalue weighted by Gasteiger charge is 2.62. The molecular weight excluding hydrogens is 243 g/mol. The average molecular weight is 279 g/mol. The highest BCUT2D eigenvalue weighted by atomic mass is 15.5. The Morgan fingerprint density at radius 1 is 0.600 bits per heavy atom. The van der Waals surface area contributed by atoms with Crippen molar-refractivity contribution >= 4 is 7.85 Å². The molecule has 0 saturated heterocycles. The van der Waals surface area contributed by atoms with Crippen LogP contribution in [0.25, 0.3) is 0 Å². The second kappa shape index (κ2) is 6.10. The van der Waals surface area contributed by atoms with Crippen molar-refractivity contribution in [2.75, 3.05) is 0 Å². The predicted molar refractivity (Wildman–Crippen MR) is 90.6 cm³/mol. The van der Waals surface area contributed by atoms with Gasteiger partial charge in [0.1, 0.15) is 0 Å². The molecule has 0 saturated carbocycles. The molecule has 0 aliphatic heterocycles. The van der Waals surface area contributed by atoms with Gasteiger partial charge in [-0.2, -0.15) is 0 Å². The summed E-state index contributed by atoms with van der Waals surface area (Å²) >= 11 is 0. The van der Waals surface area contributed by atoms with E-state index in [2.05, 4.69) is 90.9 Å². The van der Waals surface area contributed by atoms with Gasteiger partial charge in [-0.25, -0.2) is 5.26 Å². The van der Waals surface area contributed by atoms with Crippen molar-refractivity contribution in [1.82, 2.24) is 0 Å². The van der Waals surface area contributed by atoms with Gasteiger partial charge in [-0.3, -0.25) is 0 Å². The van der Waals surface area contributed by atoms with E-state index in [0.29, 0.717) is 0 Å². The molecule has 2 nitrogen and oxygen atoms in total. The first kappa shape index (κ1) is 21.8. The molecule has 116 valence electrons. The Bertz CT molecular complexity index is 276. The van der Waals surface area contributed by atoms with Gasteiger partial charge >= 0.3 is 0 Å². The first-order valence-electron chi connectivity index (χ1n) is 7.41. The lowest BCUT2D eigenvalue weighted by molar-refractivity contribution is -1.08. The van der Waals surface area contributed by atoms with Crippen LogP contribution in [0.5, 0.6) is 0 Å². The van der Waals surface area contributed by atoms with Gasteiger partial charge in [0.25, 0.3) is 0 Å². The Hall–Kier alpha value is -0.485. The summed E-state index contributed by atoms with van der Waals surface area (Å²) in [4.78, 5) is 0. The van der Waals surface area contributed by atoms with Crippen LogP contribution < -0.4 is 0 Å². The molecule has 3 heteroatoms. The van der Waals surface area contributed by atoms with E-state index in [9.17, 15) is 0 Å². The zero-order chi connectivity index (χ0) is 17.2. The first-order chi connectivity index (χ1) is 8.41. The van der Waals surface area contributed by atoms with E-state index in [0.717, 1.165) is 4.48 Å². The van der Waals surface area contributed by atoms with Gasteiger partial charge in [0.2, 0.25) is 7.85 Å². The van der Waals surface area contributed by atoms with Crippen LogP contribution in [0.1, 0.15) is 83.1 Å². The minimum atomic E-state index is 0.203. The number of rotatable bonds is 0. The minimum Gasteiger partial charge on any atom is -0.307 e. The van der Waals surface area contributed by atoms with Gasteiger partial charge in [-0.15, -0.1) is 0 Å². The van der Waals surface area contributed by atoms with E-state index < -0.39 is 0 Å². The normalized spacial score (nSPS) is 14.2. The summed E-state index contributed by atoms with van der Waals surface area (Å²) in [7, 11) is 4.15. The molecule has 0 unspecified atom stereocenters. The number of hydrogen-bond donors (Lipinski definition) is 0. The average Bonchev–Trinajstić information content (AvgIpc) is 1.90. The summed E-state index contributed by atoms with van der Waals surface area (Å²) in [5, 5.41) is 7.10. The molecule has 0 amide bonds. The molecule has 0 bridgehead atoms. The molecule has 0 rings (SSSR count). The molecule has 0 N–H and O–H groups in total. The van der Waals surface area contributed by atoms with E-state index >= 15 is 0 Å². The van der Waals surface area contributed by atoms with Crippen LogP contribution in [0.2, 0.25) is 0 Å². The molecular formula is C17H36BN2+. The third-order valence-corrected chi connectivity index (χ3v) is 4.02. The van der Waals surface area contributed by atoms with Gasteiger partial charge in [0.05, 0.1) is 22.2 Å². The van der Waals surface area contributed by atoms with Crippen molar-refractivity contribution in [3.63, 3.8) is 0 Å². The number of hydrogen-bond acceptors (Lipinski definition) is 1. The molecule has 2 radical (unpaired) electrons. The lowest BCUT2D eigenvalue weighted by atomic mass is 9.75. The Morgan fingerprint density at radius 2 is 0.700 bits per heavy atom. The fraction of sp³-hybridized carbons (Fsp3) is 0.941. The summed E-state index contributed by atoms with van der Waals surface area (Å²) in [6.45, 7) is 28.6. The lowest BCUT2D eigenvalue weighted by Gasteiger charge is -2.70. The van der Waals surface area contributed by atoms with E-state index in [4.69, 9.17) is 5.26 Å². The summed E-state index contributed by atoms with van der Waals surface area (Å²) in [6, 6.07) is 0. The monoisotopic (exact) mass is 279 g/mol. The maximum atomic E-state index is 7.10. The predicted octanol–water partition coefficient (Wildman–Crippen LogP) is 4.63. The summed E-state index contributed by atoms with van der Waals surface area (Å²) in [6.07, 6.45) is 0. The molecule has 0 spiro atoms. The third-order valence-electron chi connectivity index (χ3n) is 4.02. The number of nitrogens with zero attached hydrogens (tertiary/aromatic N) is 2. The molecule has 0 aliphatic carbocycles. The second-order valence-electron chi connectivity index (χ2n) is 9.48. The van der Waals surface area contributed by atoms with Crippen molar-refractivity contribution in [3.05, 3.63) is 0 Å². The van der Waals surface area contributed by atoms with Gasteiger partial charge < -0.3 is 4.48 Å². The Morgan fingerprint density at radius 3 is 0.700 bits per heavy atom. The van der Waals surface area contributed by atoms with Crippen LogP contribution in [0.3, 0.4) is 0 Å². The second-order valence-corrected chi connectivity index (χ2v) is 9.48. The highest BCUT2D eigenvalue weighted by Crippen LogP contribution is 2.50. The Labute approximate surface area is 129 Å². The molecule has 20 heavy (non-hydrogen) atoms.